The Morgan fingerprint density at radius 3 is 2.50 bits per heavy atom. The van der Waals surface area contributed by atoms with Gasteiger partial charge in [0.2, 0.25) is 5.95 Å². The number of anilines is 2. The second-order valence-corrected chi connectivity index (χ2v) is 7.55. The molecule has 2 aromatic heterocycles. The fourth-order valence-corrected chi connectivity index (χ4v) is 3.98. The number of nitrogens with zero attached hydrogens (tertiary/aromatic N) is 5. The van der Waals surface area contributed by atoms with Crippen LogP contribution in [0.5, 0.6) is 0 Å². The van der Waals surface area contributed by atoms with E-state index in [2.05, 4.69) is 4.98 Å². The zero-order chi connectivity index (χ0) is 21.0. The van der Waals surface area contributed by atoms with Crippen molar-refractivity contribution in [3.05, 3.63) is 86.3 Å². The maximum Gasteiger partial charge on any atom is 0.332 e. The molecular weight excluding hydrogens is 385 g/mol. The van der Waals surface area contributed by atoms with Gasteiger partial charge in [0.25, 0.3) is 5.56 Å². The molecule has 3 heterocycles. The molecule has 0 saturated carbocycles. The Morgan fingerprint density at radius 2 is 1.77 bits per heavy atom. The Hall–Kier alpha value is -3.68. The number of benzene rings is 2. The molecule has 0 radical (unpaired) electrons. The van der Waals surface area contributed by atoms with E-state index < -0.39 is 17.1 Å². The van der Waals surface area contributed by atoms with Crippen LogP contribution in [0.15, 0.2) is 58.1 Å². The Morgan fingerprint density at radius 1 is 1.03 bits per heavy atom. The number of aryl methyl sites for hydroxylation is 2. The lowest BCUT2D eigenvalue weighted by Crippen LogP contribution is -2.40. The minimum atomic E-state index is -0.519. The van der Waals surface area contributed by atoms with Crippen LogP contribution in [0.25, 0.3) is 11.2 Å². The van der Waals surface area contributed by atoms with Crippen LogP contribution in [0.1, 0.15) is 11.1 Å². The maximum atomic E-state index is 14.1. The molecule has 0 spiro atoms. The summed E-state index contributed by atoms with van der Waals surface area (Å²) in [5, 5.41) is 0. The second-order valence-electron chi connectivity index (χ2n) is 7.55. The third-order valence-corrected chi connectivity index (χ3v) is 5.63. The van der Waals surface area contributed by atoms with Crippen molar-refractivity contribution in [3.8, 4) is 0 Å². The van der Waals surface area contributed by atoms with E-state index in [0.717, 1.165) is 15.8 Å². The van der Waals surface area contributed by atoms with Crippen molar-refractivity contribution in [2.75, 3.05) is 11.4 Å². The molecule has 30 heavy (non-hydrogen) atoms. The first kappa shape index (κ1) is 18.4. The number of imidazole rings is 1. The maximum absolute atomic E-state index is 14.1. The Bertz CT molecular complexity index is 1400. The Labute approximate surface area is 171 Å². The molecule has 0 unspecified atom stereocenters. The zero-order valence-corrected chi connectivity index (χ0v) is 16.7. The quantitative estimate of drug-likeness (QED) is 0.526. The van der Waals surface area contributed by atoms with Crippen LogP contribution in [0, 0.1) is 12.7 Å². The van der Waals surface area contributed by atoms with Gasteiger partial charge in [-0.25, -0.2) is 9.18 Å². The van der Waals surface area contributed by atoms with Gasteiger partial charge in [0.15, 0.2) is 11.2 Å². The SMILES string of the molecule is Cc1ccc(N2CCn3c2nc2c3c(=O)n(Cc3ccccc3F)c(=O)n2C)cc1. The highest BCUT2D eigenvalue weighted by atomic mass is 19.1. The van der Waals surface area contributed by atoms with Crippen LogP contribution in [-0.2, 0) is 20.1 Å². The van der Waals surface area contributed by atoms with Crippen LogP contribution in [0.2, 0.25) is 0 Å². The van der Waals surface area contributed by atoms with Crippen LogP contribution >= 0.6 is 0 Å². The minimum absolute atomic E-state index is 0.129. The fraction of sp³-hybridized carbons (Fsp3) is 0.227. The molecule has 2 aromatic carbocycles. The topological polar surface area (TPSA) is 65.1 Å². The number of aromatic nitrogens is 4. The molecule has 0 N–H and O–H groups in total. The first-order chi connectivity index (χ1) is 14.5. The van der Waals surface area contributed by atoms with Gasteiger partial charge in [-0.3, -0.25) is 13.9 Å². The molecule has 1 aliphatic rings. The van der Waals surface area contributed by atoms with E-state index in [1.165, 1.54) is 10.6 Å². The van der Waals surface area contributed by atoms with E-state index in [4.69, 9.17) is 0 Å². The summed E-state index contributed by atoms with van der Waals surface area (Å²) >= 11 is 0. The van der Waals surface area contributed by atoms with Gasteiger partial charge in [-0.1, -0.05) is 35.9 Å². The molecule has 7 nitrogen and oxygen atoms in total. The van der Waals surface area contributed by atoms with Gasteiger partial charge in [0.05, 0.1) is 6.54 Å². The summed E-state index contributed by atoms with van der Waals surface area (Å²) in [6.45, 7) is 3.15. The highest BCUT2D eigenvalue weighted by Crippen LogP contribution is 2.31. The van der Waals surface area contributed by atoms with Gasteiger partial charge in [-0.2, -0.15) is 4.98 Å². The van der Waals surface area contributed by atoms with E-state index in [1.807, 2.05) is 40.7 Å². The molecular formula is C22H20FN5O2. The van der Waals surface area contributed by atoms with Crippen molar-refractivity contribution in [3.63, 3.8) is 0 Å². The van der Waals surface area contributed by atoms with Crippen molar-refractivity contribution in [2.45, 2.75) is 20.0 Å². The number of rotatable bonds is 3. The highest BCUT2D eigenvalue weighted by molar-refractivity contribution is 5.77. The van der Waals surface area contributed by atoms with Gasteiger partial charge in [-0.15, -0.1) is 0 Å². The first-order valence-electron chi connectivity index (χ1n) is 9.73. The van der Waals surface area contributed by atoms with Crippen molar-refractivity contribution in [1.29, 1.82) is 0 Å². The normalized spacial score (nSPS) is 13.2. The molecule has 4 aromatic rings. The smallest absolute Gasteiger partial charge is 0.310 e. The van der Waals surface area contributed by atoms with Crippen LogP contribution in [0.4, 0.5) is 16.0 Å². The summed E-state index contributed by atoms with van der Waals surface area (Å²) in [5.74, 6) is 0.181. The van der Waals surface area contributed by atoms with E-state index in [0.29, 0.717) is 35.8 Å². The largest absolute Gasteiger partial charge is 0.332 e. The summed E-state index contributed by atoms with van der Waals surface area (Å²) in [4.78, 5) is 32.8. The zero-order valence-electron chi connectivity index (χ0n) is 16.7. The summed E-state index contributed by atoms with van der Waals surface area (Å²) in [6.07, 6.45) is 0. The Kier molecular flexibility index (Phi) is 4.09. The molecule has 0 atom stereocenters. The second kappa shape index (κ2) is 6.69. The third-order valence-electron chi connectivity index (χ3n) is 5.63. The summed E-state index contributed by atoms with van der Waals surface area (Å²) in [7, 11) is 1.58. The molecule has 0 saturated heterocycles. The van der Waals surface area contributed by atoms with Gasteiger partial charge >= 0.3 is 5.69 Å². The highest BCUT2D eigenvalue weighted by Gasteiger charge is 2.28. The average molecular weight is 405 g/mol. The van der Waals surface area contributed by atoms with Gasteiger partial charge < -0.3 is 9.47 Å². The van der Waals surface area contributed by atoms with E-state index in [-0.39, 0.29) is 6.54 Å². The summed E-state index contributed by atoms with van der Waals surface area (Å²) in [6, 6.07) is 14.2. The molecule has 0 bridgehead atoms. The molecule has 5 rings (SSSR count). The van der Waals surface area contributed by atoms with Gasteiger partial charge in [0.1, 0.15) is 5.82 Å². The lowest BCUT2D eigenvalue weighted by atomic mass is 10.2. The van der Waals surface area contributed by atoms with Crippen molar-refractivity contribution < 1.29 is 4.39 Å². The van der Waals surface area contributed by atoms with E-state index >= 15 is 0 Å². The third kappa shape index (κ3) is 2.67. The monoisotopic (exact) mass is 405 g/mol. The Balaban J connectivity index is 1.68. The summed E-state index contributed by atoms with van der Waals surface area (Å²) in [5.41, 5.74) is 2.14. The lowest BCUT2D eigenvalue weighted by Gasteiger charge is -2.16. The lowest BCUT2D eigenvalue weighted by molar-refractivity contribution is 0.582. The van der Waals surface area contributed by atoms with Crippen molar-refractivity contribution in [1.82, 2.24) is 18.7 Å². The first-order valence-corrected chi connectivity index (χ1v) is 9.73. The van der Waals surface area contributed by atoms with Crippen LogP contribution in [-0.4, -0.2) is 25.2 Å². The minimum Gasteiger partial charge on any atom is -0.310 e. The molecule has 152 valence electrons. The average Bonchev–Trinajstić information content (AvgIpc) is 3.31. The number of hydrogen-bond donors (Lipinski definition) is 0. The van der Waals surface area contributed by atoms with Crippen LogP contribution < -0.4 is 16.1 Å². The predicted molar refractivity (Wildman–Crippen MR) is 113 cm³/mol. The summed E-state index contributed by atoms with van der Waals surface area (Å²) < 4.78 is 18.4. The van der Waals surface area contributed by atoms with E-state index in [1.54, 1.807) is 25.2 Å². The molecule has 1 aliphatic heterocycles. The van der Waals surface area contributed by atoms with Gasteiger partial charge in [0, 0.05) is 31.4 Å². The predicted octanol–water partition coefficient (Wildman–Crippen LogP) is 2.54. The number of halogens is 1. The molecule has 8 heteroatoms. The molecule has 0 fully saturated rings. The molecule has 0 aliphatic carbocycles. The van der Waals surface area contributed by atoms with E-state index in [9.17, 15) is 14.0 Å². The fourth-order valence-electron chi connectivity index (χ4n) is 3.98. The van der Waals surface area contributed by atoms with Crippen molar-refractivity contribution in [2.24, 2.45) is 7.05 Å². The van der Waals surface area contributed by atoms with Crippen molar-refractivity contribution >= 4 is 22.8 Å². The standard InChI is InChI=1S/C22H20FN5O2/c1-14-7-9-16(10-8-14)26-11-12-27-18-19(24-21(26)27)25(2)22(30)28(20(18)29)13-15-5-3-4-6-17(15)23/h3-10H,11-13H2,1-2H3. The number of hydrogen-bond acceptors (Lipinski definition) is 4. The van der Waals surface area contributed by atoms with Gasteiger partial charge in [-0.05, 0) is 25.1 Å². The van der Waals surface area contributed by atoms with Crippen LogP contribution in [0.3, 0.4) is 0 Å². The molecule has 0 amide bonds. The number of fused-ring (bicyclic) bond motifs is 3.